The molecule has 0 bridgehead atoms. The molecule has 0 unspecified atom stereocenters. The molecule has 1 aliphatic carbocycles. The Morgan fingerprint density at radius 3 is 2.70 bits per heavy atom. The average Bonchev–Trinajstić information content (AvgIpc) is 2.66. The highest BCUT2D eigenvalue weighted by Gasteiger charge is 2.26. The van der Waals surface area contributed by atoms with E-state index < -0.39 is 0 Å². The predicted octanol–water partition coefficient (Wildman–Crippen LogP) is 3.74. The number of amides is 1. The molecule has 7 nitrogen and oxygen atoms in total. The van der Waals surface area contributed by atoms with Crippen LogP contribution in [-0.2, 0) is 4.79 Å². The van der Waals surface area contributed by atoms with Gasteiger partial charge in [0.05, 0.1) is 19.0 Å². The largest absolute Gasteiger partial charge is 0.495 e. The van der Waals surface area contributed by atoms with Crippen molar-refractivity contribution in [3.05, 3.63) is 35.5 Å². The SMILES string of the molecule is COc1ccccc1Nc1ncc(Cl)c(N[C@@H]2CCCC[C@H]2NC(C)=O)n1. The molecule has 1 aliphatic rings. The molecule has 0 aliphatic heterocycles. The molecule has 0 saturated heterocycles. The van der Waals surface area contributed by atoms with E-state index in [1.54, 1.807) is 20.2 Å². The zero-order valence-corrected chi connectivity index (χ0v) is 16.2. The van der Waals surface area contributed by atoms with Crippen LogP contribution in [0, 0.1) is 0 Å². The minimum Gasteiger partial charge on any atom is -0.495 e. The average molecular weight is 390 g/mol. The van der Waals surface area contributed by atoms with E-state index in [-0.39, 0.29) is 18.0 Å². The number of hydrogen-bond acceptors (Lipinski definition) is 6. The number of carbonyl (C=O) groups excluding carboxylic acids is 1. The van der Waals surface area contributed by atoms with Crippen LogP contribution in [0.2, 0.25) is 5.02 Å². The molecule has 1 aromatic carbocycles. The lowest BCUT2D eigenvalue weighted by Crippen LogP contribution is -2.48. The van der Waals surface area contributed by atoms with Gasteiger partial charge in [-0.3, -0.25) is 4.79 Å². The third-order valence-corrected chi connectivity index (χ3v) is 4.85. The Labute approximate surface area is 163 Å². The van der Waals surface area contributed by atoms with Crippen LogP contribution in [0.15, 0.2) is 30.5 Å². The second-order valence-corrected chi connectivity index (χ2v) is 6.96. The minimum atomic E-state index is -0.0268. The third-order valence-electron chi connectivity index (χ3n) is 4.57. The number of benzene rings is 1. The number of nitrogens with zero attached hydrogens (tertiary/aromatic N) is 2. The Kier molecular flexibility index (Phi) is 6.34. The van der Waals surface area contributed by atoms with E-state index in [9.17, 15) is 4.79 Å². The number of halogens is 1. The first-order valence-electron chi connectivity index (χ1n) is 9.03. The smallest absolute Gasteiger partial charge is 0.229 e. The number of nitrogens with one attached hydrogen (secondary N) is 3. The van der Waals surface area contributed by atoms with Gasteiger partial charge in [0.15, 0.2) is 5.82 Å². The Balaban J connectivity index is 1.77. The van der Waals surface area contributed by atoms with E-state index >= 15 is 0 Å². The van der Waals surface area contributed by atoms with Crippen LogP contribution in [-0.4, -0.2) is 35.1 Å². The van der Waals surface area contributed by atoms with Crippen molar-refractivity contribution in [2.45, 2.75) is 44.7 Å². The normalized spacial score (nSPS) is 19.2. The lowest BCUT2D eigenvalue weighted by molar-refractivity contribution is -0.119. The van der Waals surface area contributed by atoms with E-state index in [4.69, 9.17) is 16.3 Å². The Hall–Kier alpha value is -2.54. The monoisotopic (exact) mass is 389 g/mol. The number of para-hydroxylation sites is 2. The van der Waals surface area contributed by atoms with Gasteiger partial charge in [0.1, 0.15) is 10.8 Å². The van der Waals surface area contributed by atoms with Crippen LogP contribution in [0.1, 0.15) is 32.6 Å². The van der Waals surface area contributed by atoms with Crippen LogP contribution in [0.4, 0.5) is 17.5 Å². The zero-order chi connectivity index (χ0) is 19.2. The second kappa shape index (κ2) is 8.90. The standard InChI is InChI=1S/C19H24ClN5O2/c1-12(26)22-14-7-3-4-8-15(14)23-18-13(20)11-21-19(25-18)24-16-9-5-6-10-17(16)27-2/h5-6,9-11,14-15H,3-4,7-8H2,1-2H3,(H,22,26)(H2,21,23,24,25)/t14-,15-/m1/s1. The number of ether oxygens (including phenoxy) is 1. The maximum Gasteiger partial charge on any atom is 0.229 e. The van der Waals surface area contributed by atoms with Gasteiger partial charge in [0.2, 0.25) is 11.9 Å². The number of hydrogen-bond donors (Lipinski definition) is 3. The van der Waals surface area contributed by atoms with Crippen LogP contribution in [0.5, 0.6) is 5.75 Å². The van der Waals surface area contributed by atoms with Crippen molar-refractivity contribution in [1.82, 2.24) is 15.3 Å². The molecule has 0 spiro atoms. The molecular weight excluding hydrogens is 366 g/mol. The van der Waals surface area contributed by atoms with Gasteiger partial charge in [-0.15, -0.1) is 0 Å². The molecule has 1 saturated carbocycles. The van der Waals surface area contributed by atoms with Crippen molar-refractivity contribution in [3.8, 4) is 5.75 Å². The molecule has 1 aromatic heterocycles. The second-order valence-electron chi connectivity index (χ2n) is 6.56. The minimum absolute atomic E-state index is 0.0268. The van der Waals surface area contributed by atoms with E-state index in [0.717, 1.165) is 31.4 Å². The maximum atomic E-state index is 11.5. The first-order chi connectivity index (χ1) is 13.1. The molecule has 0 radical (unpaired) electrons. The first kappa shape index (κ1) is 19.2. The molecule has 2 atom stereocenters. The Bertz CT molecular complexity index is 801. The molecular formula is C19H24ClN5O2. The summed E-state index contributed by atoms with van der Waals surface area (Å²) in [5.41, 5.74) is 0.766. The topological polar surface area (TPSA) is 88.2 Å². The summed E-state index contributed by atoms with van der Waals surface area (Å²) in [5, 5.41) is 10.0. The number of methoxy groups -OCH3 is 1. The lowest BCUT2D eigenvalue weighted by atomic mass is 9.90. The zero-order valence-electron chi connectivity index (χ0n) is 15.5. The van der Waals surface area contributed by atoms with Crippen molar-refractivity contribution in [2.75, 3.05) is 17.7 Å². The first-order valence-corrected chi connectivity index (χ1v) is 9.41. The van der Waals surface area contributed by atoms with Gasteiger partial charge >= 0.3 is 0 Å². The molecule has 1 heterocycles. The summed E-state index contributed by atoms with van der Waals surface area (Å²) in [4.78, 5) is 20.2. The number of carbonyl (C=O) groups is 1. The van der Waals surface area contributed by atoms with Crippen LogP contribution in [0.25, 0.3) is 0 Å². The summed E-state index contributed by atoms with van der Waals surface area (Å²) >= 11 is 6.30. The van der Waals surface area contributed by atoms with E-state index in [2.05, 4.69) is 25.9 Å². The van der Waals surface area contributed by atoms with Crippen molar-refractivity contribution >= 4 is 35.0 Å². The van der Waals surface area contributed by atoms with Gasteiger partial charge in [-0.25, -0.2) is 4.98 Å². The fraction of sp³-hybridized carbons (Fsp3) is 0.421. The lowest BCUT2D eigenvalue weighted by Gasteiger charge is -2.33. The fourth-order valence-electron chi connectivity index (χ4n) is 3.31. The summed E-state index contributed by atoms with van der Waals surface area (Å²) < 4.78 is 5.34. The van der Waals surface area contributed by atoms with Gasteiger partial charge < -0.3 is 20.7 Å². The van der Waals surface area contributed by atoms with Crippen molar-refractivity contribution in [3.63, 3.8) is 0 Å². The molecule has 3 rings (SSSR count). The maximum absolute atomic E-state index is 11.5. The molecule has 27 heavy (non-hydrogen) atoms. The quantitative estimate of drug-likeness (QED) is 0.697. The molecule has 1 fully saturated rings. The van der Waals surface area contributed by atoms with Crippen LogP contribution >= 0.6 is 11.6 Å². The van der Waals surface area contributed by atoms with Gasteiger partial charge in [0, 0.05) is 19.0 Å². The van der Waals surface area contributed by atoms with E-state index in [1.807, 2.05) is 24.3 Å². The summed E-state index contributed by atoms with van der Waals surface area (Å²) in [5.74, 6) is 1.63. The van der Waals surface area contributed by atoms with E-state index in [0.29, 0.717) is 22.5 Å². The molecule has 8 heteroatoms. The third kappa shape index (κ3) is 5.01. The highest BCUT2D eigenvalue weighted by molar-refractivity contribution is 6.32. The Morgan fingerprint density at radius 1 is 1.22 bits per heavy atom. The van der Waals surface area contributed by atoms with Gasteiger partial charge in [0.25, 0.3) is 0 Å². The number of aromatic nitrogens is 2. The molecule has 144 valence electrons. The Morgan fingerprint density at radius 2 is 1.96 bits per heavy atom. The van der Waals surface area contributed by atoms with Crippen molar-refractivity contribution < 1.29 is 9.53 Å². The molecule has 1 amide bonds. The summed E-state index contributed by atoms with van der Waals surface area (Å²) in [6.45, 7) is 1.54. The summed E-state index contributed by atoms with van der Waals surface area (Å²) in [6, 6.07) is 7.68. The summed E-state index contributed by atoms with van der Waals surface area (Å²) in [6.07, 6.45) is 5.64. The number of rotatable bonds is 6. The van der Waals surface area contributed by atoms with Crippen molar-refractivity contribution in [2.24, 2.45) is 0 Å². The number of anilines is 3. The molecule has 3 N–H and O–H groups in total. The van der Waals surface area contributed by atoms with Gasteiger partial charge in [-0.2, -0.15) is 4.98 Å². The fourth-order valence-corrected chi connectivity index (χ4v) is 3.46. The van der Waals surface area contributed by atoms with Crippen molar-refractivity contribution in [1.29, 1.82) is 0 Å². The summed E-state index contributed by atoms with van der Waals surface area (Å²) in [7, 11) is 1.61. The van der Waals surface area contributed by atoms with E-state index in [1.165, 1.54) is 0 Å². The predicted molar refractivity (Wildman–Crippen MR) is 107 cm³/mol. The molecule has 2 aromatic rings. The van der Waals surface area contributed by atoms with Crippen LogP contribution in [0.3, 0.4) is 0 Å². The highest BCUT2D eigenvalue weighted by Crippen LogP contribution is 2.29. The van der Waals surface area contributed by atoms with Gasteiger partial charge in [-0.05, 0) is 25.0 Å². The highest BCUT2D eigenvalue weighted by atomic mass is 35.5. The van der Waals surface area contributed by atoms with Gasteiger partial charge in [-0.1, -0.05) is 36.6 Å². The van der Waals surface area contributed by atoms with Crippen LogP contribution < -0.4 is 20.7 Å².